The van der Waals surface area contributed by atoms with E-state index in [-0.39, 0.29) is 6.61 Å². The first kappa shape index (κ1) is 9.65. The second-order valence-corrected chi connectivity index (χ2v) is 3.26. The monoisotopic (exact) mass is 205 g/mol. The van der Waals surface area contributed by atoms with E-state index in [0.717, 1.165) is 5.56 Å². The SMILES string of the molecule is Nc1c(Cl)cc(CCO)cc1Cl. The molecular formula is C8H9Cl2NO. The third-order valence-electron chi connectivity index (χ3n) is 1.54. The molecule has 0 atom stereocenters. The summed E-state index contributed by atoms with van der Waals surface area (Å²) in [5.74, 6) is 0. The molecule has 0 aliphatic rings. The number of anilines is 1. The molecule has 0 fully saturated rings. The number of rotatable bonds is 2. The lowest BCUT2D eigenvalue weighted by molar-refractivity contribution is 0.299. The van der Waals surface area contributed by atoms with E-state index in [1.165, 1.54) is 0 Å². The molecule has 1 aromatic rings. The van der Waals surface area contributed by atoms with Gasteiger partial charge in [0.25, 0.3) is 0 Å². The molecule has 12 heavy (non-hydrogen) atoms. The van der Waals surface area contributed by atoms with Crippen LogP contribution >= 0.6 is 23.2 Å². The van der Waals surface area contributed by atoms with E-state index in [0.29, 0.717) is 22.2 Å². The molecule has 0 aliphatic heterocycles. The Hall–Kier alpha value is -0.440. The highest BCUT2D eigenvalue weighted by Gasteiger charge is 2.03. The van der Waals surface area contributed by atoms with E-state index in [9.17, 15) is 0 Å². The van der Waals surface area contributed by atoms with E-state index in [2.05, 4.69) is 0 Å². The van der Waals surface area contributed by atoms with Crippen LogP contribution in [0.3, 0.4) is 0 Å². The van der Waals surface area contributed by atoms with E-state index >= 15 is 0 Å². The van der Waals surface area contributed by atoms with Crippen molar-refractivity contribution in [2.45, 2.75) is 6.42 Å². The van der Waals surface area contributed by atoms with Gasteiger partial charge in [0.2, 0.25) is 0 Å². The van der Waals surface area contributed by atoms with Gasteiger partial charge in [-0.05, 0) is 24.1 Å². The number of nitrogens with two attached hydrogens (primary N) is 1. The van der Waals surface area contributed by atoms with E-state index < -0.39 is 0 Å². The van der Waals surface area contributed by atoms with Gasteiger partial charge in [-0.3, -0.25) is 0 Å². The average Bonchev–Trinajstić information content (AvgIpc) is 2.01. The van der Waals surface area contributed by atoms with Gasteiger partial charge in [0.1, 0.15) is 0 Å². The topological polar surface area (TPSA) is 46.2 Å². The van der Waals surface area contributed by atoms with Gasteiger partial charge in [0.15, 0.2) is 0 Å². The van der Waals surface area contributed by atoms with Crippen LogP contribution in [-0.4, -0.2) is 11.7 Å². The average molecular weight is 206 g/mol. The summed E-state index contributed by atoms with van der Waals surface area (Å²) in [7, 11) is 0. The number of nitrogen functional groups attached to an aromatic ring is 1. The number of aliphatic hydroxyl groups is 1. The molecule has 0 saturated heterocycles. The van der Waals surface area contributed by atoms with Gasteiger partial charge in [-0.1, -0.05) is 23.2 Å². The maximum Gasteiger partial charge on any atom is 0.0693 e. The van der Waals surface area contributed by atoms with Gasteiger partial charge in [0, 0.05) is 6.61 Å². The summed E-state index contributed by atoms with van der Waals surface area (Å²) in [6, 6.07) is 3.41. The Balaban J connectivity index is 3.04. The second kappa shape index (κ2) is 3.99. The number of hydrogen-bond donors (Lipinski definition) is 2. The zero-order chi connectivity index (χ0) is 9.14. The fraction of sp³-hybridized carbons (Fsp3) is 0.250. The molecule has 0 aliphatic carbocycles. The van der Waals surface area contributed by atoms with Crippen molar-refractivity contribution >= 4 is 28.9 Å². The fourth-order valence-electron chi connectivity index (χ4n) is 0.910. The van der Waals surface area contributed by atoms with Gasteiger partial charge in [-0.25, -0.2) is 0 Å². The Kier molecular flexibility index (Phi) is 3.20. The molecule has 0 saturated carbocycles. The largest absolute Gasteiger partial charge is 0.396 e. The minimum Gasteiger partial charge on any atom is -0.396 e. The van der Waals surface area contributed by atoms with E-state index in [1.807, 2.05) is 0 Å². The van der Waals surface area contributed by atoms with Crippen molar-refractivity contribution in [1.82, 2.24) is 0 Å². The molecule has 2 nitrogen and oxygen atoms in total. The Morgan fingerprint density at radius 1 is 1.25 bits per heavy atom. The minimum atomic E-state index is 0.0799. The molecule has 0 aromatic heterocycles. The van der Waals surface area contributed by atoms with Crippen molar-refractivity contribution < 1.29 is 5.11 Å². The van der Waals surface area contributed by atoms with E-state index in [1.54, 1.807) is 12.1 Å². The molecular weight excluding hydrogens is 197 g/mol. The van der Waals surface area contributed by atoms with Crippen molar-refractivity contribution in [3.05, 3.63) is 27.7 Å². The predicted octanol–water partition coefficient (Wildman–Crippen LogP) is 2.11. The first-order valence-electron chi connectivity index (χ1n) is 3.49. The third-order valence-corrected chi connectivity index (χ3v) is 2.16. The predicted molar refractivity (Wildman–Crippen MR) is 51.7 cm³/mol. The summed E-state index contributed by atoms with van der Waals surface area (Å²) < 4.78 is 0. The number of aliphatic hydroxyl groups excluding tert-OH is 1. The Labute approximate surface area is 80.9 Å². The zero-order valence-electron chi connectivity index (χ0n) is 6.35. The van der Waals surface area contributed by atoms with Crippen molar-refractivity contribution in [3.63, 3.8) is 0 Å². The fourth-order valence-corrected chi connectivity index (χ4v) is 1.44. The smallest absolute Gasteiger partial charge is 0.0693 e. The summed E-state index contributed by atoms with van der Waals surface area (Å²) in [4.78, 5) is 0. The lowest BCUT2D eigenvalue weighted by atomic mass is 10.1. The Morgan fingerprint density at radius 2 is 1.75 bits per heavy atom. The lowest BCUT2D eigenvalue weighted by Crippen LogP contribution is -1.94. The summed E-state index contributed by atoms with van der Waals surface area (Å²) >= 11 is 11.5. The molecule has 1 rings (SSSR count). The summed E-state index contributed by atoms with van der Waals surface area (Å²) in [5.41, 5.74) is 6.80. The summed E-state index contributed by atoms with van der Waals surface area (Å²) in [6.45, 7) is 0.0799. The van der Waals surface area contributed by atoms with Crippen LogP contribution in [0.1, 0.15) is 5.56 Å². The number of halogens is 2. The number of benzene rings is 1. The second-order valence-electron chi connectivity index (χ2n) is 2.45. The van der Waals surface area contributed by atoms with Crippen molar-refractivity contribution in [1.29, 1.82) is 0 Å². The van der Waals surface area contributed by atoms with Crippen molar-refractivity contribution in [3.8, 4) is 0 Å². The first-order chi connectivity index (χ1) is 5.65. The molecule has 0 unspecified atom stereocenters. The molecule has 4 heteroatoms. The number of hydrogen-bond acceptors (Lipinski definition) is 2. The van der Waals surface area contributed by atoms with Gasteiger partial charge in [-0.15, -0.1) is 0 Å². The molecule has 1 aromatic carbocycles. The first-order valence-corrected chi connectivity index (χ1v) is 4.25. The molecule has 66 valence electrons. The third kappa shape index (κ3) is 2.03. The van der Waals surface area contributed by atoms with Crippen LogP contribution in [0.15, 0.2) is 12.1 Å². The quantitative estimate of drug-likeness (QED) is 0.728. The minimum absolute atomic E-state index is 0.0799. The van der Waals surface area contributed by atoms with Crippen LogP contribution < -0.4 is 5.73 Å². The van der Waals surface area contributed by atoms with Gasteiger partial charge < -0.3 is 10.8 Å². The molecule has 0 radical (unpaired) electrons. The van der Waals surface area contributed by atoms with Gasteiger partial charge >= 0.3 is 0 Å². The van der Waals surface area contributed by atoms with Gasteiger partial charge in [-0.2, -0.15) is 0 Å². The normalized spacial score (nSPS) is 10.2. The van der Waals surface area contributed by atoms with Crippen molar-refractivity contribution in [2.24, 2.45) is 0 Å². The standard InChI is InChI=1S/C8H9Cl2NO/c9-6-3-5(1-2-12)4-7(10)8(6)11/h3-4,12H,1-2,11H2. The van der Waals surface area contributed by atoms with Crippen LogP contribution in [0.5, 0.6) is 0 Å². The Bertz CT molecular complexity index is 265. The molecule has 0 heterocycles. The molecule has 0 spiro atoms. The molecule has 0 bridgehead atoms. The van der Waals surface area contributed by atoms with Crippen LogP contribution in [-0.2, 0) is 6.42 Å². The highest BCUT2D eigenvalue weighted by Crippen LogP contribution is 2.28. The Morgan fingerprint density at radius 3 is 2.17 bits per heavy atom. The molecule has 0 amide bonds. The van der Waals surface area contributed by atoms with Crippen LogP contribution in [0.2, 0.25) is 10.0 Å². The van der Waals surface area contributed by atoms with E-state index in [4.69, 9.17) is 34.0 Å². The van der Waals surface area contributed by atoms with Crippen molar-refractivity contribution in [2.75, 3.05) is 12.3 Å². The van der Waals surface area contributed by atoms with Crippen LogP contribution in [0, 0.1) is 0 Å². The maximum absolute atomic E-state index is 8.65. The van der Waals surface area contributed by atoms with Gasteiger partial charge in [0.05, 0.1) is 15.7 Å². The maximum atomic E-state index is 8.65. The molecule has 3 N–H and O–H groups in total. The summed E-state index contributed by atoms with van der Waals surface area (Å²) in [5, 5.41) is 9.53. The van der Waals surface area contributed by atoms with Crippen LogP contribution in [0.4, 0.5) is 5.69 Å². The highest BCUT2D eigenvalue weighted by atomic mass is 35.5. The highest BCUT2D eigenvalue weighted by molar-refractivity contribution is 6.38. The summed E-state index contributed by atoms with van der Waals surface area (Å²) in [6.07, 6.45) is 0.541. The zero-order valence-corrected chi connectivity index (χ0v) is 7.86. The van der Waals surface area contributed by atoms with Crippen LogP contribution in [0.25, 0.3) is 0 Å². The lowest BCUT2D eigenvalue weighted by Gasteiger charge is -2.04.